The minimum Gasteiger partial charge on any atom is -0.465 e. The van der Waals surface area contributed by atoms with Crippen molar-refractivity contribution in [1.82, 2.24) is 5.32 Å². The lowest BCUT2D eigenvalue weighted by Gasteiger charge is -2.17. The Balaban J connectivity index is 2.78. The zero-order chi connectivity index (χ0) is 13.5. The standard InChI is InChI=1S/C14H23NO2S/c1-5-11-7-8-12(18-11)13(14(16)17-6-2)15-9-10(3)4/h7-8,10,13,15H,5-6,9H2,1-4H3. The summed E-state index contributed by atoms with van der Waals surface area (Å²) in [5.74, 6) is 0.329. The Hall–Kier alpha value is -0.870. The molecular weight excluding hydrogens is 246 g/mol. The number of hydrogen-bond acceptors (Lipinski definition) is 4. The van der Waals surface area contributed by atoms with Crippen LogP contribution in [0.4, 0.5) is 0 Å². The van der Waals surface area contributed by atoms with Crippen LogP contribution in [0.2, 0.25) is 0 Å². The summed E-state index contributed by atoms with van der Waals surface area (Å²) in [5.41, 5.74) is 0. The Kier molecular flexibility index (Phi) is 6.36. The smallest absolute Gasteiger partial charge is 0.328 e. The lowest BCUT2D eigenvalue weighted by Crippen LogP contribution is -2.32. The monoisotopic (exact) mass is 269 g/mol. The molecule has 3 nitrogen and oxygen atoms in total. The summed E-state index contributed by atoms with van der Waals surface area (Å²) < 4.78 is 5.14. The molecule has 0 saturated heterocycles. The van der Waals surface area contributed by atoms with Gasteiger partial charge in [-0.2, -0.15) is 0 Å². The number of nitrogens with one attached hydrogen (secondary N) is 1. The molecule has 102 valence electrons. The zero-order valence-electron chi connectivity index (χ0n) is 11.7. The van der Waals surface area contributed by atoms with Crippen molar-refractivity contribution in [2.75, 3.05) is 13.2 Å². The summed E-state index contributed by atoms with van der Waals surface area (Å²) >= 11 is 1.68. The van der Waals surface area contributed by atoms with Gasteiger partial charge in [-0.05, 0) is 37.9 Å². The van der Waals surface area contributed by atoms with Crippen molar-refractivity contribution < 1.29 is 9.53 Å². The molecule has 0 aliphatic rings. The summed E-state index contributed by atoms with van der Waals surface area (Å²) in [6, 6.07) is 3.79. The molecule has 1 rings (SSSR count). The van der Waals surface area contributed by atoms with E-state index in [1.807, 2.05) is 13.0 Å². The van der Waals surface area contributed by atoms with Crippen molar-refractivity contribution in [3.63, 3.8) is 0 Å². The summed E-state index contributed by atoms with van der Waals surface area (Å²) in [6.45, 7) is 9.44. The van der Waals surface area contributed by atoms with Crippen LogP contribution in [0.5, 0.6) is 0 Å². The Labute approximate surface area is 114 Å². The molecule has 0 saturated carbocycles. The fourth-order valence-corrected chi connectivity index (χ4v) is 2.64. The molecule has 18 heavy (non-hydrogen) atoms. The Morgan fingerprint density at radius 1 is 1.39 bits per heavy atom. The summed E-state index contributed by atoms with van der Waals surface area (Å²) in [5, 5.41) is 3.29. The SMILES string of the molecule is CCOC(=O)C(NCC(C)C)c1ccc(CC)s1. The van der Waals surface area contributed by atoms with Gasteiger partial charge in [0, 0.05) is 9.75 Å². The molecule has 1 N–H and O–H groups in total. The number of esters is 1. The van der Waals surface area contributed by atoms with Gasteiger partial charge in [0.2, 0.25) is 0 Å². The van der Waals surface area contributed by atoms with Gasteiger partial charge in [0.05, 0.1) is 6.61 Å². The maximum absolute atomic E-state index is 12.0. The van der Waals surface area contributed by atoms with Crippen LogP contribution >= 0.6 is 11.3 Å². The van der Waals surface area contributed by atoms with E-state index in [9.17, 15) is 4.79 Å². The van der Waals surface area contributed by atoms with Gasteiger partial charge in [-0.1, -0.05) is 20.8 Å². The molecular formula is C14H23NO2S. The second-order valence-corrected chi connectivity index (χ2v) is 5.84. The number of thiophene rings is 1. The fourth-order valence-electron chi connectivity index (χ4n) is 1.62. The highest BCUT2D eigenvalue weighted by atomic mass is 32.1. The number of aryl methyl sites for hydroxylation is 1. The van der Waals surface area contributed by atoms with Crippen molar-refractivity contribution in [2.24, 2.45) is 5.92 Å². The molecule has 0 aromatic carbocycles. The van der Waals surface area contributed by atoms with Crippen molar-refractivity contribution in [2.45, 2.75) is 40.2 Å². The first-order valence-electron chi connectivity index (χ1n) is 6.57. The van der Waals surface area contributed by atoms with Gasteiger partial charge < -0.3 is 4.74 Å². The van der Waals surface area contributed by atoms with E-state index in [1.54, 1.807) is 11.3 Å². The van der Waals surface area contributed by atoms with E-state index in [0.29, 0.717) is 12.5 Å². The third-order valence-electron chi connectivity index (χ3n) is 2.57. The van der Waals surface area contributed by atoms with Gasteiger partial charge >= 0.3 is 5.97 Å². The third-order valence-corrected chi connectivity index (χ3v) is 3.86. The molecule has 1 heterocycles. The first-order chi connectivity index (χ1) is 8.58. The maximum Gasteiger partial charge on any atom is 0.328 e. The lowest BCUT2D eigenvalue weighted by molar-refractivity contribution is -0.145. The van der Waals surface area contributed by atoms with Crippen LogP contribution in [0.1, 0.15) is 43.5 Å². The van der Waals surface area contributed by atoms with Crippen LogP contribution in [0.3, 0.4) is 0 Å². The summed E-state index contributed by atoms with van der Waals surface area (Å²) in [4.78, 5) is 14.3. The largest absolute Gasteiger partial charge is 0.465 e. The molecule has 1 aromatic heterocycles. The Morgan fingerprint density at radius 3 is 2.61 bits per heavy atom. The van der Waals surface area contributed by atoms with E-state index >= 15 is 0 Å². The predicted molar refractivity (Wildman–Crippen MR) is 75.9 cm³/mol. The lowest BCUT2D eigenvalue weighted by atomic mass is 10.2. The van der Waals surface area contributed by atoms with Gasteiger partial charge in [0.25, 0.3) is 0 Å². The highest BCUT2D eigenvalue weighted by molar-refractivity contribution is 7.12. The van der Waals surface area contributed by atoms with Gasteiger partial charge in [-0.15, -0.1) is 11.3 Å². The number of carbonyl (C=O) groups is 1. The highest BCUT2D eigenvalue weighted by Crippen LogP contribution is 2.25. The second-order valence-electron chi connectivity index (χ2n) is 4.64. The van der Waals surface area contributed by atoms with Gasteiger partial charge in [0.15, 0.2) is 0 Å². The second kappa shape index (κ2) is 7.54. The van der Waals surface area contributed by atoms with E-state index in [2.05, 4.69) is 32.2 Å². The van der Waals surface area contributed by atoms with Gasteiger partial charge in [0.1, 0.15) is 6.04 Å². The first-order valence-corrected chi connectivity index (χ1v) is 7.38. The summed E-state index contributed by atoms with van der Waals surface area (Å²) in [7, 11) is 0. The average Bonchev–Trinajstić information content (AvgIpc) is 2.78. The number of rotatable bonds is 7. The van der Waals surface area contributed by atoms with Crippen LogP contribution in [0.15, 0.2) is 12.1 Å². The molecule has 1 atom stereocenters. The number of ether oxygens (including phenoxy) is 1. The molecule has 1 unspecified atom stereocenters. The highest BCUT2D eigenvalue weighted by Gasteiger charge is 2.23. The molecule has 0 aliphatic heterocycles. The molecule has 0 radical (unpaired) electrons. The van der Waals surface area contributed by atoms with Crippen molar-refractivity contribution >= 4 is 17.3 Å². The van der Waals surface area contributed by atoms with E-state index in [-0.39, 0.29) is 12.0 Å². The van der Waals surface area contributed by atoms with Gasteiger partial charge in [-0.3, -0.25) is 5.32 Å². The molecule has 0 aliphatic carbocycles. The summed E-state index contributed by atoms with van der Waals surface area (Å²) in [6.07, 6.45) is 1.00. The molecule has 4 heteroatoms. The van der Waals surface area contributed by atoms with Crippen LogP contribution < -0.4 is 5.32 Å². The van der Waals surface area contributed by atoms with Crippen molar-refractivity contribution in [1.29, 1.82) is 0 Å². The minimum atomic E-state index is -0.322. The van der Waals surface area contributed by atoms with Crippen LogP contribution in [0.25, 0.3) is 0 Å². The molecule has 0 fully saturated rings. The molecule has 0 bridgehead atoms. The van der Waals surface area contributed by atoms with E-state index in [4.69, 9.17) is 4.74 Å². The maximum atomic E-state index is 12.0. The van der Waals surface area contributed by atoms with Crippen LogP contribution in [-0.2, 0) is 16.0 Å². The normalized spacial score (nSPS) is 12.7. The van der Waals surface area contributed by atoms with E-state index < -0.39 is 0 Å². The Morgan fingerprint density at radius 2 is 2.11 bits per heavy atom. The van der Waals surface area contributed by atoms with E-state index in [1.165, 1.54) is 4.88 Å². The van der Waals surface area contributed by atoms with E-state index in [0.717, 1.165) is 17.8 Å². The predicted octanol–water partition coefficient (Wildman–Crippen LogP) is 3.16. The average molecular weight is 269 g/mol. The molecule has 1 aromatic rings. The zero-order valence-corrected chi connectivity index (χ0v) is 12.5. The van der Waals surface area contributed by atoms with Crippen molar-refractivity contribution in [3.05, 3.63) is 21.9 Å². The van der Waals surface area contributed by atoms with Crippen LogP contribution in [-0.4, -0.2) is 19.1 Å². The minimum absolute atomic E-state index is 0.178. The first kappa shape index (κ1) is 15.2. The topological polar surface area (TPSA) is 38.3 Å². The molecule has 0 spiro atoms. The Bertz CT molecular complexity index is 374. The number of hydrogen-bond donors (Lipinski definition) is 1. The van der Waals surface area contributed by atoms with Crippen LogP contribution in [0, 0.1) is 5.92 Å². The quantitative estimate of drug-likeness (QED) is 0.773. The van der Waals surface area contributed by atoms with Gasteiger partial charge in [-0.25, -0.2) is 4.79 Å². The fraction of sp³-hybridized carbons (Fsp3) is 0.643. The number of carbonyl (C=O) groups excluding carboxylic acids is 1. The van der Waals surface area contributed by atoms with Crippen molar-refractivity contribution in [3.8, 4) is 0 Å². The molecule has 0 amide bonds. The third kappa shape index (κ3) is 4.42.